The molecule has 0 heterocycles. The average molecular weight is 393 g/mol. The lowest BCUT2D eigenvalue weighted by Gasteiger charge is -2.12. The van der Waals surface area contributed by atoms with Gasteiger partial charge in [0.2, 0.25) is 0 Å². The molecule has 2 rings (SSSR count). The highest BCUT2D eigenvalue weighted by molar-refractivity contribution is 9.10. The number of carbonyl (C=O) groups excluding carboxylic acids is 1. The number of halogens is 1. The van der Waals surface area contributed by atoms with E-state index < -0.39 is 0 Å². The first-order valence-corrected chi connectivity index (χ1v) is 8.31. The van der Waals surface area contributed by atoms with Crippen LogP contribution in [0.2, 0.25) is 0 Å². The van der Waals surface area contributed by atoms with Gasteiger partial charge in [-0.1, -0.05) is 19.1 Å². The maximum atomic E-state index is 12.1. The second kappa shape index (κ2) is 7.57. The molecule has 2 aromatic rings. The summed E-state index contributed by atoms with van der Waals surface area (Å²) in [6, 6.07) is 10.8. The van der Waals surface area contributed by atoms with Gasteiger partial charge in [0.05, 0.1) is 4.47 Å². The SMILES string of the molecule is CCc1ccc(C(=O)NC(=S)Nc2cc(C)c(O)c(Br)c2)cc1. The van der Waals surface area contributed by atoms with Gasteiger partial charge in [0, 0.05) is 11.3 Å². The van der Waals surface area contributed by atoms with E-state index >= 15 is 0 Å². The molecule has 0 aliphatic heterocycles. The van der Waals surface area contributed by atoms with Crippen LogP contribution in [0.25, 0.3) is 0 Å². The summed E-state index contributed by atoms with van der Waals surface area (Å²) in [4.78, 5) is 12.1. The lowest BCUT2D eigenvalue weighted by molar-refractivity contribution is 0.0977. The molecule has 0 unspecified atom stereocenters. The first-order chi connectivity index (χ1) is 10.9. The molecule has 0 fully saturated rings. The number of aryl methyl sites for hydroxylation is 2. The fraction of sp³-hybridized carbons (Fsp3) is 0.176. The molecule has 1 amide bonds. The maximum Gasteiger partial charge on any atom is 0.257 e. The van der Waals surface area contributed by atoms with Gasteiger partial charge in [-0.2, -0.15) is 0 Å². The lowest BCUT2D eigenvalue weighted by Crippen LogP contribution is -2.34. The monoisotopic (exact) mass is 392 g/mol. The van der Waals surface area contributed by atoms with Gasteiger partial charge in [0.25, 0.3) is 5.91 Å². The minimum absolute atomic E-state index is 0.182. The number of hydrogen-bond acceptors (Lipinski definition) is 3. The van der Waals surface area contributed by atoms with Gasteiger partial charge in [0.1, 0.15) is 5.75 Å². The predicted molar refractivity (Wildman–Crippen MR) is 100 cm³/mol. The number of hydrogen-bond donors (Lipinski definition) is 3. The zero-order valence-corrected chi connectivity index (χ0v) is 15.2. The Labute approximate surface area is 149 Å². The van der Waals surface area contributed by atoms with Crippen LogP contribution < -0.4 is 10.6 Å². The van der Waals surface area contributed by atoms with Gasteiger partial charge in [-0.25, -0.2) is 0 Å². The topological polar surface area (TPSA) is 61.4 Å². The van der Waals surface area contributed by atoms with Gasteiger partial charge in [0.15, 0.2) is 5.11 Å². The molecular weight excluding hydrogens is 376 g/mol. The number of aromatic hydroxyl groups is 1. The number of carbonyl (C=O) groups is 1. The van der Waals surface area contributed by atoms with Crippen LogP contribution in [0, 0.1) is 6.92 Å². The van der Waals surface area contributed by atoms with E-state index in [4.69, 9.17) is 12.2 Å². The number of amides is 1. The molecule has 0 aliphatic rings. The number of rotatable bonds is 3. The molecule has 4 nitrogen and oxygen atoms in total. The minimum Gasteiger partial charge on any atom is -0.506 e. The van der Waals surface area contributed by atoms with Crippen molar-refractivity contribution in [1.82, 2.24) is 5.32 Å². The smallest absolute Gasteiger partial charge is 0.257 e. The van der Waals surface area contributed by atoms with Crippen molar-refractivity contribution in [1.29, 1.82) is 0 Å². The highest BCUT2D eigenvalue weighted by atomic mass is 79.9. The predicted octanol–water partition coefficient (Wildman–Crippen LogP) is 4.15. The highest BCUT2D eigenvalue weighted by Gasteiger charge is 2.10. The van der Waals surface area contributed by atoms with Crippen molar-refractivity contribution >= 4 is 44.9 Å². The molecule has 0 aromatic heterocycles. The molecule has 0 radical (unpaired) electrons. The van der Waals surface area contributed by atoms with Crippen LogP contribution in [0.4, 0.5) is 5.69 Å². The van der Waals surface area contributed by atoms with Crippen LogP contribution in [0.5, 0.6) is 5.75 Å². The normalized spacial score (nSPS) is 10.2. The third-order valence-electron chi connectivity index (χ3n) is 3.36. The van der Waals surface area contributed by atoms with E-state index in [-0.39, 0.29) is 16.8 Å². The average Bonchev–Trinajstić information content (AvgIpc) is 2.52. The number of benzene rings is 2. The fourth-order valence-electron chi connectivity index (χ4n) is 2.04. The summed E-state index contributed by atoms with van der Waals surface area (Å²) in [7, 11) is 0. The molecule has 0 saturated carbocycles. The Morgan fingerprint density at radius 2 is 1.91 bits per heavy atom. The van der Waals surface area contributed by atoms with E-state index in [1.165, 1.54) is 5.56 Å². The Bertz CT molecular complexity index is 722. The second-order valence-corrected chi connectivity index (χ2v) is 6.34. The first-order valence-electron chi connectivity index (χ1n) is 7.11. The molecular formula is C17H17BrN2O2S. The molecule has 0 aliphatic carbocycles. The van der Waals surface area contributed by atoms with E-state index in [2.05, 4.69) is 33.5 Å². The summed E-state index contributed by atoms with van der Waals surface area (Å²) >= 11 is 8.43. The Kier molecular flexibility index (Phi) is 5.74. The number of anilines is 1. The number of phenols is 1. The van der Waals surface area contributed by atoms with E-state index in [9.17, 15) is 9.90 Å². The number of nitrogens with one attached hydrogen (secondary N) is 2. The molecule has 0 atom stereocenters. The number of phenolic OH excluding ortho intramolecular Hbond substituents is 1. The van der Waals surface area contributed by atoms with Crippen molar-refractivity contribution in [2.75, 3.05) is 5.32 Å². The fourth-order valence-corrected chi connectivity index (χ4v) is 2.81. The van der Waals surface area contributed by atoms with Crippen LogP contribution in [0.3, 0.4) is 0 Å². The van der Waals surface area contributed by atoms with Crippen molar-refractivity contribution in [3.63, 3.8) is 0 Å². The molecule has 2 aromatic carbocycles. The highest BCUT2D eigenvalue weighted by Crippen LogP contribution is 2.30. The van der Waals surface area contributed by atoms with Crippen molar-refractivity contribution in [3.8, 4) is 5.75 Å². The summed E-state index contributed by atoms with van der Waals surface area (Å²) in [5.41, 5.74) is 3.10. The standard InChI is InChI=1S/C17H17BrN2O2S/c1-3-11-4-6-12(7-5-11)16(22)20-17(23)19-13-8-10(2)15(21)14(18)9-13/h4-9,21H,3H2,1-2H3,(H2,19,20,22,23). The maximum absolute atomic E-state index is 12.1. The van der Waals surface area contributed by atoms with Gasteiger partial charge in [-0.15, -0.1) is 0 Å². The molecule has 6 heteroatoms. The molecule has 3 N–H and O–H groups in total. The largest absolute Gasteiger partial charge is 0.506 e. The second-order valence-electron chi connectivity index (χ2n) is 5.08. The molecule has 120 valence electrons. The quantitative estimate of drug-likeness (QED) is 0.542. The van der Waals surface area contributed by atoms with Gasteiger partial charge < -0.3 is 10.4 Å². The third-order valence-corrected chi connectivity index (χ3v) is 4.17. The lowest BCUT2D eigenvalue weighted by atomic mass is 10.1. The van der Waals surface area contributed by atoms with Crippen molar-refractivity contribution in [3.05, 3.63) is 57.6 Å². The summed E-state index contributed by atoms with van der Waals surface area (Å²) in [5.74, 6) is -0.0822. The van der Waals surface area contributed by atoms with Crippen LogP contribution >= 0.6 is 28.1 Å². The summed E-state index contributed by atoms with van der Waals surface area (Å²) in [6.07, 6.45) is 0.928. The zero-order valence-electron chi connectivity index (χ0n) is 12.8. The molecule has 0 spiro atoms. The van der Waals surface area contributed by atoms with E-state index in [0.717, 1.165) is 6.42 Å². The Balaban J connectivity index is 2.02. The summed E-state index contributed by atoms with van der Waals surface area (Å²) < 4.78 is 0.560. The molecule has 23 heavy (non-hydrogen) atoms. The number of thiocarbonyl (C=S) groups is 1. The zero-order chi connectivity index (χ0) is 17.0. The van der Waals surface area contributed by atoms with Gasteiger partial charge >= 0.3 is 0 Å². The molecule has 0 bridgehead atoms. The van der Waals surface area contributed by atoms with Crippen molar-refractivity contribution < 1.29 is 9.90 Å². The summed E-state index contributed by atoms with van der Waals surface area (Å²) in [5, 5.41) is 15.5. The Morgan fingerprint density at radius 1 is 1.26 bits per heavy atom. The first kappa shape index (κ1) is 17.4. The van der Waals surface area contributed by atoms with Crippen LogP contribution in [-0.2, 0) is 6.42 Å². The van der Waals surface area contributed by atoms with Crippen LogP contribution in [-0.4, -0.2) is 16.1 Å². The van der Waals surface area contributed by atoms with Crippen LogP contribution in [0.15, 0.2) is 40.9 Å². The molecule has 0 saturated heterocycles. The van der Waals surface area contributed by atoms with E-state index in [1.807, 2.05) is 12.1 Å². The van der Waals surface area contributed by atoms with Crippen molar-refractivity contribution in [2.24, 2.45) is 0 Å². The Morgan fingerprint density at radius 3 is 2.48 bits per heavy atom. The van der Waals surface area contributed by atoms with Crippen molar-refractivity contribution in [2.45, 2.75) is 20.3 Å². The Hall–Kier alpha value is -1.92. The van der Waals surface area contributed by atoms with Gasteiger partial charge in [-0.05, 0) is 76.9 Å². The summed E-state index contributed by atoms with van der Waals surface area (Å²) in [6.45, 7) is 3.84. The third kappa shape index (κ3) is 4.53. The van der Waals surface area contributed by atoms with Gasteiger partial charge in [-0.3, -0.25) is 10.1 Å². The van der Waals surface area contributed by atoms with E-state index in [1.54, 1.807) is 31.2 Å². The van der Waals surface area contributed by atoms with Crippen LogP contribution in [0.1, 0.15) is 28.4 Å². The van der Waals surface area contributed by atoms with E-state index in [0.29, 0.717) is 21.3 Å². The minimum atomic E-state index is -0.264.